The number of rotatable bonds is 4. The van der Waals surface area contributed by atoms with Crippen molar-refractivity contribution in [3.63, 3.8) is 0 Å². The zero-order valence-corrected chi connectivity index (χ0v) is 11.3. The van der Waals surface area contributed by atoms with Gasteiger partial charge >= 0.3 is 0 Å². The monoisotopic (exact) mass is 236 g/mol. The van der Waals surface area contributed by atoms with E-state index in [-0.39, 0.29) is 0 Å². The second kappa shape index (κ2) is 5.23. The van der Waals surface area contributed by atoms with Gasteiger partial charge in [-0.25, -0.2) is 0 Å². The number of nitrogens with zero attached hydrogens (tertiary/aromatic N) is 1. The lowest BCUT2D eigenvalue weighted by Crippen LogP contribution is -2.39. The minimum Gasteiger partial charge on any atom is -0.468 e. The molecule has 1 aromatic rings. The van der Waals surface area contributed by atoms with E-state index in [1.807, 2.05) is 7.05 Å². The van der Waals surface area contributed by atoms with Crippen LogP contribution >= 0.6 is 0 Å². The first-order chi connectivity index (χ1) is 8.11. The van der Waals surface area contributed by atoms with Crippen LogP contribution in [-0.2, 0) is 13.1 Å². The van der Waals surface area contributed by atoms with E-state index in [0.29, 0.717) is 5.41 Å². The molecule has 0 aliphatic carbocycles. The molecule has 2 heterocycles. The molecule has 1 fully saturated rings. The molecule has 0 radical (unpaired) electrons. The van der Waals surface area contributed by atoms with Crippen LogP contribution in [0.5, 0.6) is 0 Å². The summed E-state index contributed by atoms with van der Waals surface area (Å²) in [6.07, 6.45) is 4.44. The molecule has 0 bridgehead atoms. The largest absolute Gasteiger partial charge is 0.468 e. The Kier molecular flexibility index (Phi) is 3.89. The van der Waals surface area contributed by atoms with Gasteiger partial charge in [0.05, 0.1) is 12.8 Å². The van der Waals surface area contributed by atoms with Crippen molar-refractivity contribution in [1.29, 1.82) is 0 Å². The number of hydrogen-bond donors (Lipinski definition) is 1. The van der Waals surface area contributed by atoms with Crippen LogP contribution in [0, 0.1) is 5.41 Å². The molecule has 17 heavy (non-hydrogen) atoms. The summed E-state index contributed by atoms with van der Waals surface area (Å²) in [5.74, 6) is 1.12. The van der Waals surface area contributed by atoms with E-state index in [0.717, 1.165) is 18.8 Å². The molecule has 1 aromatic heterocycles. The average molecular weight is 236 g/mol. The quantitative estimate of drug-likeness (QED) is 0.871. The fourth-order valence-corrected chi connectivity index (χ4v) is 2.74. The van der Waals surface area contributed by atoms with Gasteiger partial charge in [-0.3, -0.25) is 4.90 Å². The Morgan fingerprint density at radius 3 is 3.00 bits per heavy atom. The summed E-state index contributed by atoms with van der Waals surface area (Å²) in [4.78, 5) is 2.52. The number of furan rings is 1. The van der Waals surface area contributed by atoms with E-state index in [1.54, 1.807) is 6.26 Å². The summed E-state index contributed by atoms with van der Waals surface area (Å²) in [6, 6.07) is 2.07. The molecule has 0 aromatic carbocycles. The Labute approximate surface area is 104 Å². The molecule has 0 atom stereocenters. The average Bonchev–Trinajstić information content (AvgIpc) is 2.65. The first-order valence-corrected chi connectivity index (χ1v) is 6.53. The van der Waals surface area contributed by atoms with Gasteiger partial charge in [0, 0.05) is 18.7 Å². The summed E-state index contributed by atoms with van der Waals surface area (Å²) in [7, 11) is 1.97. The van der Waals surface area contributed by atoms with Crippen molar-refractivity contribution >= 4 is 0 Å². The molecule has 96 valence electrons. The molecule has 0 amide bonds. The summed E-state index contributed by atoms with van der Waals surface area (Å²) in [5.41, 5.74) is 1.74. The number of nitrogens with one attached hydrogen (secondary N) is 1. The van der Waals surface area contributed by atoms with Gasteiger partial charge in [0.15, 0.2) is 0 Å². The fourth-order valence-electron chi connectivity index (χ4n) is 2.74. The Morgan fingerprint density at radius 1 is 1.47 bits per heavy atom. The molecule has 2 rings (SSSR count). The zero-order chi connectivity index (χ0) is 12.3. The molecule has 0 unspecified atom stereocenters. The summed E-state index contributed by atoms with van der Waals surface area (Å²) in [6.45, 7) is 8.93. The van der Waals surface area contributed by atoms with Crippen molar-refractivity contribution in [2.24, 2.45) is 5.41 Å². The normalized spacial score (nSPS) is 20.6. The van der Waals surface area contributed by atoms with Gasteiger partial charge < -0.3 is 9.73 Å². The molecule has 1 N–H and O–H groups in total. The molecule has 0 spiro atoms. The summed E-state index contributed by atoms with van der Waals surface area (Å²) in [5, 5.41) is 3.19. The van der Waals surface area contributed by atoms with Crippen LogP contribution < -0.4 is 5.32 Å². The third-order valence-corrected chi connectivity index (χ3v) is 3.55. The second-order valence-electron chi connectivity index (χ2n) is 5.88. The van der Waals surface area contributed by atoms with Crippen molar-refractivity contribution < 1.29 is 4.42 Å². The van der Waals surface area contributed by atoms with Crippen LogP contribution in [-0.4, -0.2) is 25.0 Å². The second-order valence-corrected chi connectivity index (χ2v) is 5.88. The van der Waals surface area contributed by atoms with Crippen molar-refractivity contribution in [3.05, 3.63) is 23.7 Å². The first-order valence-electron chi connectivity index (χ1n) is 6.53. The van der Waals surface area contributed by atoms with Gasteiger partial charge in [-0.1, -0.05) is 13.8 Å². The molecule has 0 saturated carbocycles. The minimum atomic E-state index is 0.452. The lowest BCUT2D eigenvalue weighted by atomic mass is 9.84. The van der Waals surface area contributed by atoms with Crippen LogP contribution in [0.1, 0.15) is 38.0 Å². The first kappa shape index (κ1) is 12.7. The van der Waals surface area contributed by atoms with E-state index in [9.17, 15) is 0 Å². The maximum absolute atomic E-state index is 5.61. The maximum atomic E-state index is 5.61. The highest BCUT2D eigenvalue weighted by Gasteiger charge is 2.27. The van der Waals surface area contributed by atoms with Crippen molar-refractivity contribution in [1.82, 2.24) is 10.2 Å². The third-order valence-electron chi connectivity index (χ3n) is 3.55. The molecule has 1 saturated heterocycles. The van der Waals surface area contributed by atoms with Gasteiger partial charge in [-0.15, -0.1) is 0 Å². The van der Waals surface area contributed by atoms with Crippen LogP contribution in [0.4, 0.5) is 0 Å². The Bertz CT molecular complexity index is 357. The van der Waals surface area contributed by atoms with Crippen molar-refractivity contribution in [2.45, 2.75) is 39.8 Å². The van der Waals surface area contributed by atoms with Gasteiger partial charge in [0.2, 0.25) is 0 Å². The van der Waals surface area contributed by atoms with Crippen LogP contribution in [0.2, 0.25) is 0 Å². The predicted octanol–water partition coefficient (Wildman–Crippen LogP) is 2.62. The van der Waals surface area contributed by atoms with Crippen molar-refractivity contribution in [3.8, 4) is 0 Å². The highest BCUT2D eigenvalue weighted by atomic mass is 16.3. The Morgan fingerprint density at radius 2 is 2.29 bits per heavy atom. The standard InChI is InChI=1S/C14H24N2O/c1-14(2)6-4-7-16(11-14)10-13-12(9-15-3)5-8-17-13/h5,8,15H,4,6-7,9-11H2,1-3H3. The molecule has 1 aliphatic heterocycles. The van der Waals surface area contributed by atoms with E-state index >= 15 is 0 Å². The molecular formula is C14H24N2O. The fraction of sp³-hybridized carbons (Fsp3) is 0.714. The summed E-state index contributed by atoms with van der Waals surface area (Å²) >= 11 is 0. The van der Waals surface area contributed by atoms with Crippen molar-refractivity contribution in [2.75, 3.05) is 20.1 Å². The topological polar surface area (TPSA) is 28.4 Å². The predicted molar refractivity (Wildman–Crippen MR) is 69.8 cm³/mol. The molecular weight excluding hydrogens is 212 g/mol. The molecule has 3 heteroatoms. The SMILES string of the molecule is CNCc1ccoc1CN1CCCC(C)(C)C1. The number of likely N-dealkylation sites (tertiary alicyclic amines) is 1. The lowest BCUT2D eigenvalue weighted by molar-refractivity contribution is 0.104. The Hall–Kier alpha value is -0.800. The van der Waals surface area contributed by atoms with Crippen LogP contribution in [0.25, 0.3) is 0 Å². The van der Waals surface area contributed by atoms with E-state index in [1.165, 1.54) is 31.5 Å². The van der Waals surface area contributed by atoms with Gasteiger partial charge in [-0.2, -0.15) is 0 Å². The molecule has 3 nitrogen and oxygen atoms in total. The zero-order valence-electron chi connectivity index (χ0n) is 11.3. The van der Waals surface area contributed by atoms with Gasteiger partial charge in [0.1, 0.15) is 5.76 Å². The van der Waals surface area contributed by atoms with E-state index < -0.39 is 0 Å². The lowest BCUT2D eigenvalue weighted by Gasteiger charge is -2.37. The third kappa shape index (κ3) is 3.33. The summed E-state index contributed by atoms with van der Waals surface area (Å²) < 4.78 is 5.61. The Balaban J connectivity index is 1.98. The van der Waals surface area contributed by atoms with E-state index in [2.05, 4.69) is 30.1 Å². The highest BCUT2D eigenvalue weighted by molar-refractivity contribution is 5.16. The highest BCUT2D eigenvalue weighted by Crippen LogP contribution is 2.29. The van der Waals surface area contributed by atoms with Gasteiger partial charge in [0.25, 0.3) is 0 Å². The molecule has 1 aliphatic rings. The minimum absolute atomic E-state index is 0.452. The van der Waals surface area contributed by atoms with Gasteiger partial charge in [-0.05, 0) is 37.9 Å². The van der Waals surface area contributed by atoms with Crippen LogP contribution in [0.15, 0.2) is 16.7 Å². The van der Waals surface area contributed by atoms with E-state index in [4.69, 9.17) is 4.42 Å². The van der Waals surface area contributed by atoms with Crippen LogP contribution in [0.3, 0.4) is 0 Å². The maximum Gasteiger partial charge on any atom is 0.122 e. The smallest absolute Gasteiger partial charge is 0.122 e. The number of piperidine rings is 1. The number of hydrogen-bond acceptors (Lipinski definition) is 3.